The molecule has 1 aromatic carbocycles. The molecule has 0 atom stereocenters. The lowest BCUT2D eigenvalue weighted by molar-refractivity contribution is 0.174. The van der Waals surface area contributed by atoms with Crippen molar-refractivity contribution in [3.8, 4) is 11.5 Å². The summed E-state index contributed by atoms with van der Waals surface area (Å²) in [5.41, 5.74) is 2.09. The maximum absolute atomic E-state index is 5.41. The molecule has 1 fully saturated rings. The van der Waals surface area contributed by atoms with E-state index in [0.717, 1.165) is 41.7 Å². The second-order valence-electron chi connectivity index (χ2n) is 5.93. The van der Waals surface area contributed by atoms with Gasteiger partial charge in [-0.15, -0.1) is 0 Å². The highest BCUT2D eigenvalue weighted by Gasteiger charge is 2.16. The zero-order chi connectivity index (χ0) is 15.6. The molecule has 6 heteroatoms. The molecule has 1 N–H and O–H groups in total. The van der Waals surface area contributed by atoms with Gasteiger partial charge < -0.3 is 19.7 Å². The number of rotatable bonds is 4. The number of benzene rings is 1. The molecule has 2 aromatic rings. The first-order valence-corrected chi connectivity index (χ1v) is 8.01. The second-order valence-corrected chi connectivity index (χ2v) is 5.93. The molecular weight excluding hydrogens is 292 g/mol. The lowest BCUT2D eigenvalue weighted by Crippen LogP contribution is -2.20. The van der Waals surface area contributed by atoms with Crippen molar-refractivity contribution < 1.29 is 9.47 Å². The first-order valence-electron chi connectivity index (χ1n) is 8.01. The largest absolute Gasteiger partial charge is 0.454 e. The summed E-state index contributed by atoms with van der Waals surface area (Å²) >= 11 is 0. The van der Waals surface area contributed by atoms with Gasteiger partial charge in [-0.05, 0) is 37.5 Å². The molecular formula is C17H20N4O2. The Hall–Kier alpha value is -2.50. The molecule has 0 saturated carbocycles. The van der Waals surface area contributed by atoms with Crippen molar-refractivity contribution in [3.05, 3.63) is 35.5 Å². The molecule has 1 saturated heterocycles. The van der Waals surface area contributed by atoms with Crippen molar-refractivity contribution in [1.82, 2.24) is 9.97 Å². The van der Waals surface area contributed by atoms with E-state index >= 15 is 0 Å². The van der Waals surface area contributed by atoms with Gasteiger partial charge in [0, 0.05) is 31.4 Å². The van der Waals surface area contributed by atoms with Crippen LogP contribution in [0.2, 0.25) is 0 Å². The Morgan fingerprint density at radius 1 is 1.09 bits per heavy atom. The van der Waals surface area contributed by atoms with Crippen LogP contribution in [-0.4, -0.2) is 29.9 Å². The second kappa shape index (κ2) is 5.95. The van der Waals surface area contributed by atoms with Crippen LogP contribution >= 0.6 is 0 Å². The lowest BCUT2D eigenvalue weighted by Gasteiger charge is -2.17. The maximum atomic E-state index is 5.41. The molecule has 23 heavy (non-hydrogen) atoms. The highest BCUT2D eigenvalue weighted by Crippen LogP contribution is 2.32. The molecule has 120 valence electrons. The van der Waals surface area contributed by atoms with Crippen molar-refractivity contribution in [2.24, 2.45) is 0 Å². The maximum Gasteiger partial charge on any atom is 0.231 e. The summed E-state index contributed by atoms with van der Waals surface area (Å²) in [6, 6.07) is 8.01. The van der Waals surface area contributed by atoms with E-state index in [9.17, 15) is 0 Å². The summed E-state index contributed by atoms with van der Waals surface area (Å²) in [4.78, 5) is 11.5. The summed E-state index contributed by atoms with van der Waals surface area (Å²) in [5.74, 6) is 3.29. The van der Waals surface area contributed by atoms with E-state index in [0.29, 0.717) is 19.3 Å². The van der Waals surface area contributed by atoms with Crippen LogP contribution < -0.4 is 19.7 Å². The number of ether oxygens (including phenoxy) is 2. The van der Waals surface area contributed by atoms with Gasteiger partial charge in [-0.2, -0.15) is 4.98 Å². The number of aryl methyl sites for hydroxylation is 1. The van der Waals surface area contributed by atoms with E-state index < -0.39 is 0 Å². The van der Waals surface area contributed by atoms with Crippen molar-refractivity contribution in [2.75, 3.05) is 30.1 Å². The molecule has 0 spiro atoms. The third-order valence-electron chi connectivity index (χ3n) is 4.16. The molecule has 0 bridgehead atoms. The van der Waals surface area contributed by atoms with Crippen molar-refractivity contribution in [1.29, 1.82) is 0 Å². The quantitative estimate of drug-likeness (QED) is 0.937. The molecule has 0 amide bonds. The first-order chi connectivity index (χ1) is 11.3. The average Bonchev–Trinajstić information content (AvgIpc) is 3.23. The van der Waals surface area contributed by atoms with E-state index in [1.54, 1.807) is 0 Å². The van der Waals surface area contributed by atoms with Gasteiger partial charge in [0.2, 0.25) is 12.7 Å². The Labute approximate surface area is 135 Å². The highest BCUT2D eigenvalue weighted by molar-refractivity contribution is 5.47. The van der Waals surface area contributed by atoms with Gasteiger partial charge in [0.25, 0.3) is 0 Å². The van der Waals surface area contributed by atoms with E-state index in [1.165, 1.54) is 12.8 Å². The molecule has 4 rings (SSSR count). The van der Waals surface area contributed by atoms with Crippen molar-refractivity contribution in [3.63, 3.8) is 0 Å². The van der Waals surface area contributed by atoms with E-state index in [-0.39, 0.29) is 0 Å². The zero-order valence-corrected chi connectivity index (χ0v) is 13.2. The number of nitrogens with zero attached hydrogens (tertiary/aromatic N) is 3. The van der Waals surface area contributed by atoms with Crippen molar-refractivity contribution >= 4 is 11.8 Å². The van der Waals surface area contributed by atoms with Crippen LogP contribution in [0, 0.1) is 6.92 Å². The summed E-state index contributed by atoms with van der Waals surface area (Å²) in [6.07, 6.45) is 2.48. The third kappa shape index (κ3) is 3.02. The first kappa shape index (κ1) is 14.1. The number of aromatic nitrogens is 2. The Morgan fingerprint density at radius 2 is 1.91 bits per heavy atom. The van der Waals surface area contributed by atoms with Crippen LogP contribution in [0.3, 0.4) is 0 Å². The van der Waals surface area contributed by atoms with Crippen LogP contribution in [0.25, 0.3) is 0 Å². The van der Waals surface area contributed by atoms with Gasteiger partial charge >= 0.3 is 0 Å². The summed E-state index contributed by atoms with van der Waals surface area (Å²) in [6.45, 7) is 5.12. The fraction of sp³-hybridized carbons (Fsp3) is 0.412. The standard InChI is InChI=1S/C17H20N4O2/c1-12-8-16(21-6-2-3-7-21)20-17(19-12)18-10-13-4-5-14-15(9-13)23-11-22-14/h4-5,8-9H,2-3,6-7,10-11H2,1H3,(H,18,19,20). The average molecular weight is 312 g/mol. The number of fused-ring (bicyclic) bond motifs is 1. The van der Waals surface area contributed by atoms with E-state index in [2.05, 4.69) is 26.3 Å². The molecule has 1 aromatic heterocycles. The molecule has 6 nitrogen and oxygen atoms in total. The van der Waals surface area contributed by atoms with Crippen LogP contribution in [0.5, 0.6) is 11.5 Å². The predicted octanol–water partition coefficient (Wildman–Crippen LogP) is 2.73. The SMILES string of the molecule is Cc1cc(N2CCCC2)nc(NCc2ccc3c(c2)OCO3)n1. The minimum absolute atomic E-state index is 0.298. The Morgan fingerprint density at radius 3 is 2.78 bits per heavy atom. The number of nitrogens with one attached hydrogen (secondary N) is 1. The van der Waals surface area contributed by atoms with Gasteiger partial charge in [0.15, 0.2) is 11.5 Å². The molecule has 3 heterocycles. The molecule has 0 unspecified atom stereocenters. The Balaban J connectivity index is 1.48. The van der Waals surface area contributed by atoms with Crippen LogP contribution in [0.1, 0.15) is 24.1 Å². The molecule has 2 aliphatic heterocycles. The Kier molecular flexibility index (Phi) is 3.65. The fourth-order valence-electron chi connectivity index (χ4n) is 2.97. The van der Waals surface area contributed by atoms with Gasteiger partial charge in [-0.1, -0.05) is 6.07 Å². The van der Waals surface area contributed by atoms with Crippen LogP contribution in [0.15, 0.2) is 24.3 Å². The molecule has 2 aliphatic rings. The lowest BCUT2D eigenvalue weighted by atomic mass is 10.2. The van der Waals surface area contributed by atoms with Gasteiger partial charge in [0.05, 0.1) is 0 Å². The van der Waals surface area contributed by atoms with Crippen LogP contribution in [-0.2, 0) is 6.54 Å². The number of hydrogen-bond acceptors (Lipinski definition) is 6. The predicted molar refractivity (Wildman–Crippen MR) is 88.1 cm³/mol. The zero-order valence-electron chi connectivity index (χ0n) is 13.2. The van der Waals surface area contributed by atoms with E-state index in [4.69, 9.17) is 9.47 Å². The van der Waals surface area contributed by atoms with Gasteiger partial charge in [-0.25, -0.2) is 4.98 Å². The van der Waals surface area contributed by atoms with Gasteiger partial charge in [-0.3, -0.25) is 0 Å². The van der Waals surface area contributed by atoms with Crippen LogP contribution in [0.4, 0.5) is 11.8 Å². The third-order valence-corrected chi connectivity index (χ3v) is 4.16. The minimum atomic E-state index is 0.298. The topological polar surface area (TPSA) is 59.5 Å². The van der Waals surface area contributed by atoms with Crippen molar-refractivity contribution in [2.45, 2.75) is 26.3 Å². The number of hydrogen-bond donors (Lipinski definition) is 1. The summed E-state index contributed by atoms with van der Waals surface area (Å²) < 4.78 is 10.7. The normalized spacial score (nSPS) is 16.0. The van der Waals surface area contributed by atoms with E-state index in [1.807, 2.05) is 25.1 Å². The number of anilines is 2. The molecule has 0 aliphatic carbocycles. The summed E-state index contributed by atoms with van der Waals surface area (Å²) in [7, 11) is 0. The highest BCUT2D eigenvalue weighted by atomic mass is 16.7. The summed E-state index contributed by atoms with van der Waals surface area (Å²) in [5, 5.41) is 3.31. The Bertz CT molecular complexity index is 714. The smallest absolute Gasteiger partial charge is 0.231 e. The monoisotopic (exact) mass is 312 g/mol. The molecule has 0 radical (unpaired) electrons. The fourth-order valence-corrected chi connectivity index (χ4v) is 2.97. The van der Waals surface area contributed by atoms with Gasteiger partial charge in [0.1, 0.15) is 5.82 Å². The minimum Gasteiger partial charge on any atom is -0.454 e.